The number of halogens is 1. The van der Waals surface area contributed by atoms with Crippen LogP contribution in [-0.2, 0) is 9.53 Å². The molecule has 84 valence electrons. The molecule has 0 saturated carbocycles. The third kappa shape index (κ3) is 1.89. The minimum Gasteiger partial charge on any atom is -0.469 e. The summed E-state index contributed by atoms with van der Waals surface area (Å²) in [6.07, 6.45) is 1.94. The van der Waals surface area contributed by atoms with Gasteiger partial charge in [0, 0.05) is 9.69 Å². The molecule has 0 aromatic heterocycles. The van der Waals surface area contributed by atoms with Crippen LogP contribution >= 0.6 is 15.9 Å². The normalized spacial score (nSPS) is 18.1. The number of fused-ring (bicyclic) bond motifs is 1. The van der Waals surface area contributed by atoms with E-state index >= 15 is 0 Å². The summed E-state index contributed by atoms with van der Waals surface area (Å²) >= 11 is 3.47. The Balaban J connectivity index is 2.58. The first-order chi connectivity index (χ1) is 7.63. The number of hydrogen-bond acceptors (Lipinski definition) is 3. The van der Waals surface area contributed by atoms with Crippen LogP contribution in [0.1, 0.15) is 5.56 Å². The van der Waals surface area contributed by atoms with Crippen molar-refractivity contribution in [1.29, 1.82) is 0 Å². The first-order valence-corrected chi connectivity index (χ1v) is 5.82. The van der Waals surface area contributed by atoms with Crippen molar-refractivity contribution < 1.29 is 9.53 Å². The summed E-state index contributed by atoms with van der Waals surface area (Å²) in [6, 6.07) is 3.93. The van der Waals surface area contributed by atoms with Crippen molar-refractivity contribution in [1.82, 2.24) is 0 Å². The quantitative estimate of drug-likeness (QED) is 0.720. The van der Waals surface area contributed by atoms with E-state index in [9.17, 15) is 4.79 Å². The summed E-state index contributed by atoms with van der Waals surface area (Å²) in [5, 5.41) is 1.97. The predicted molar refractivity (Wildman–Crippen MR) is 64.5 cm³/mol. The second-order valence-corrected chi connectivity index (χ2v) is 4.60. The highest BCUT2D eigenvalue weighted by atomic mass is 79.9. The Kier molecular flexibility index (Phi) is 3.10. The van der Waals surface area contributed by atoms with E-state index < -0.39 is 0 Å². The topological polar surface area (TPSA) is 38.7 Å². The summed E-state index contributed by atoms with van der Waals surface area (Å²) in [4.78, 5) is 15.8. The Labute approximate surface area is 102 Å². The lowest BCUT2D eigenvalue weighted by Gasteiger charge is -2.12. The Bertz CT molecular complexity index is 551. The fourth-order valence-corrected chi connectivity index (χ4v) is 2.13. The van der Waals surface area contributed by atoms with Crippen molar-refractivity contribution in [3.05, 3.63) is 32.7 Å². The zero-order valence-corrected chi connectivity index (χ0v) is 10.7. The first kappa shape index (κ1) is 11.3. The van der Waals surface area contributed by atoms with E-state index in [1.165, 1.54) is 7.11 Å². The molecule has 2 rings (SSSR count). The second kappa shape index (κ2) is 4.37. The van der Waals surface area contributed by atoms with E-state index in [1.807, 2.05) is 25.1 Å². The lowest BCUT2D eigenvalue weighted by atomic mass is 10.0. The molecular weight excluding hydrogens is 270 g/mol. The number of benzene rings is 1. The van der Waals surface area contributed by atoms with Crippen LogP contribution in [-0.4, -0.2) is 19.6 Å². The lowest BCUT2D eigenvalue weighted by Crippen LogP contribution is -2.36. The zero-order valence-electron chi connectivity index (χ0n) is 9.16. The van der Waals surface area contributed by atoms with Gasteiger partial charge in [-0.1, -0.05) is 22.0 Å². The van der Waals surface area contributed by atoms with Crippen LogP contribution in [0.3, 0.4) is 0 Å². The molecule has 1 heterocycles. The number of hydrogen-bond donors (Lipinski definition) is 0. The van der Waals surface area contributed by atoms with Gasteiger partial charge in [0.2, 0.25) is 0 Å². The predicted octanol–water partition coefficient (Wildman–Crippen LogP) is 0.960. The van der Waals surface area contributed by atoms with E-state index in [0.29, 0.717) is 6.54 Å². The van der Waals surface area contributed by atoms with E-state index in [4.69, 9.17) is 4.74 Å². The van der Waals surface area contributed by atoms with Gasteiger partial charge < -0.3 is 4.74 Å². The summed E-state index contributed by atoms with van der Waals surface area (Å²) < 4.78 is 5.76. The van der Waals surface area contributed by atoms with Crippen LogP contribution in [0, 0.1) is 12.8 Å². The lowest BCUT2D eigenvalue weighted by molar-refractivity contribution is -0.142. The smallest absolute Gasteiger partial charge is 0.314 e. The molecule has 0 fully saturated rings. The monoisotopic (exact) mass is 281 g/mol. The molecule has 0 bridgehead atoms. The van der Waals surface area contributed by atoms with Crippen molar-refractivity contribution in [2.24, 2.45) is 10.9 Å². The Morgan fingerprint density at radius 1 is 1.56 bits per heavy atom. The Morgan fingerprint density at radius 3 is 3.00 bits per heavy atom. The number of ether oxygens (including phenoxy) is 1. The van der Waals surface area contributed by atoms with Crippen LogP contribution in [0.4, 0.5) is 0 Å². The molecule has 1 aliphatic heterocycles. The van der Waals surface area contributed by atoms with Gasteiger partial charge in [-0.05, 0) is 24.6 Å². The molecule has 16 heavy (non-hydrogen) atoms. The van der Waals surface area contributed by atoms with E-state index in [1.54, 1.807) is 0 Å². The van der Waals surface area contributed by atoms with Gasteiger partial charge in [-0.3, -0.25) is 9.79 Å². The third-order valence-corrected chi connectivity index (χ3v) is 3.61. The highest BCUT2D eigenvalue weighted by Crippen LogP contribution is 2.11. The van der Waals surface area contributed by atoms with Gasteiger partial charge in [-0.15, -0.1) is 0 Å². The van der Waals surface area contributed by atoms with Crippen molar-refractivity contribution >= 4 is 28.0 Å². The Hall–Kier alpha value is -1.16. The maximum absolute atomic E-state index is 11.4. The molecule has 1 atom stereocenters. The van der Waals surface area contributed by atoms with Crippen LogP contribution < -0.4 is 10.6 Å². The second-order valence-electron chi connectivity index (χ2n) is 3.74. The third-order valence-electron chi connectivity index (χ3n) is 2.76. The van der Waals surface area contributed by atoms with E-state index in [-0.39, 0.29) is 11.9 Å². The maximum Gasteiger partial charge on any atom is 0.314 e. The zero-order chi connectivity index (χ0) is 11.7. The van der Waals surface area contributed by atoms with Gasteiger partial charge in [-0.2, -0.15) is 0 Å². The molecule has 0 amide bonds. The van der Waals surface area contributed by atoms with Gasteiger partial charge in [0.15, 0.2) is 0 Å². The molecule has 1 aromatic carbocycles. The number of esters is 1. The average Bonchev–Trinajstić information content (AvgIpc) is 2.32. The molecule has 0 spiro atoms. The fourth-order valence-electron chi connectivity index (χ4n) is 1.78. The van der Waals surface area contributed by atoms with E-state index in [0.717, 1.165) is 20.6 Å². The molecule has 4 heteroatoms. The first-order valence-electron chi connectivity index (χ1n) is 5.02. The van der Waals surface area contributed by atoms with Crippen LogP contribution in [0.5, 0.6) is 0 Å². The largest absolute Gasteiger partial charge is 0.469 e. The molecule has 1 aliphatic rings. The van der Waals surface area contributed by atoms with Gasteiger partial charge in [0.25, 0.3) is 0 Å². The summed E-state index contributed by atoms with van der Waals surface area (Å²) in [6.45, 7) is 2.48. The number of methoxy groups -OCH3 is 1. The number of nitrogens with zero attached hydrogens (tertiary/aromatic N) is 1. The van der Waals surface area contributed by atoms with Crippen molar-refractivity contribution in [2.75, 3.05) is 13.7 Å². The minimum absolute atomic E-state index is 0.228. The van der Waals surface area contributed by atoms with Crippen LogP contribution in [0.2, 0.25) is 0 Å². The summed E-state index contributed by atoms with van der Waals surface area (Å²) in [7, 11) is 1.40. The molecule has 1 aromatic rings. The van der Waals surface area contributed by atoms with Gasteiger partial charge >= 0.3 is 5.97 Å². The van der Waals surface area contributed by atoms with Crippen molar-refractivity contribution in [2.45, 2.75) is 6.92 Å². The van der Waals surface area contributed by atoms with Gasteiger partial charge in [0.1, 0.15) is 0 Å². The molecule has 0 N–H and O–H groups in total. The standard InChI is InChI=1S/C12H12BrNO2/c1-7-9-5-8(12(15)16-2)6-14-11(9)4-3-10(7)13/h3-5,8H,6H2,1-2H3. The van der Waals surface area contributed by atoms with E-state index in [2.05, 4.69) is 20.9 Å². The van der Waals surface area contributed by atoms with Gasteiger partial charge in [0.05, 0.1) is 24.9 Å². The number of carbonyl (C=O) groups excluding carboxylic acids is 1. The maximum atomic E-state index is 11.4. The molecule has 3 nitrogen and oxygen atoms in total. The van der Waals surface area contributed by atoms with Crippen molar-refractivity contribution in [3.8, 4) is 0 Å². The molecule has 0 radical (unpaired) electrons. The fraction of sp³-hybridized carbons (Fsp3) is 0.333. The highest BCUT2D eigenvalue weighted by molar-refractivity contribution is 9.10. The average molecular weight is 282 g/mol. The van der Waals surface area contributed by atoms with Gasteiger partial charge in [-0.25, -0.2) is 0 Å². The summed E-state index contributed by atoms with van der Waals surface area (Å²) in [5.74, 6) is -0.487. The highest BCUT2D eigenvalue weighted by Gasteiger charge is 2.18. The number of rotatable bonds is 1. The molecule has 1 unspecified atom stereocenters. The van der Waals surface area contributed by atoms with Crippen molar-refractivity contribution in [3.63, 3.8) is 0 Å². The summed E-state index contributed by atoms with van der Waals surface area (Å²) in [5.41, 5.74) is 1.11. The molecule has 0 aliphatic carbocycles. The molecular formula is C12H12BrNO2. The minimum atomic E-state index is -0.259. The SMILES string of the molecule is COC(=O)C1C=c2c(C)c(Br)ccc2=NC1. The molecule has 0 saturated heterocycles. The Morgan fingerprint density at radius 2 is 2.31 bits per heavy atom. The van der Waals surface area contributed by atoms with Crippen LogP contribution in [0.15, 0.2) is 21.6 Å². The van der Waals surface area contributed by atoms with Crippen LogP contribution in [0.25, 0.3) is 6.08 Å². The number of carbonyl (C=O) groups is 1.